The standard InChI is InChI=1S/C8H12N4OS/c9-7-2-1-6(5-11-7)14-4-3-8(13)12-10/h1-2,5H,3-4,10H2,(H2,9,11)(H,12,13). The Hall–Kier alpha value is -1.27. The molecule has 0 radical (unpaired) electrons. The number of nitrogens with zero attached hydrogens (tertiary/aromatic N) is 1. The minimum absolute atomic E-state index is 0.166. The molecule has 1 heterocycles. The Kier molecular flexibility index (Phi) is 4.21. The van der Waals surface area contributed by atoms with Crippen LogP contribution in [0.2, 0.25) is 0 Å². The van der Waals surface area contributed by atoms with Crippen molar-refractivity contribution in [2.75, 3.05) is 11.5 Å². The zero-order chi connectivity index (χ0) is 10.4. The van der Waals surface area contributed by atoms with Crippen molar-refractivity contribution in [3.8, 4) is 0 Å². The van der Waals surface area contributed by atoms with Crippen molar-refractivity contribution < 1.29 is 4.79 Å². The van der Waals surface area contributed by atoms with E-state index in [4.69, 9.17) is 11.6 Å². The van der Waals surface area contributed by atoms with Crippen LogP contribution in [-0.2, 0) is 4.79 Å². The number of hydrogen-bond donors (Lipinski definition) is 3. The lowest BCUT2D eigenvalue weighted by molar-refractivity contribution is -0.120. The summed E-state index contributed by atoms with van der Waals surface area (Å²) in [5.74, 6) is 5.94. The third-order valence-corrected chi connectivity index (χ3v) is 2.50. The smallest absolute Gasteiger partial charge is 0.234 e. The Morgan fingerprint density at radius 1 is 1.57 bits per heavy atom. The first kappa shape index (κ1) is 10.8. The molecule has 0 aliphatic rings. The average Bonchev–Trinajstić information content (AvgIpc) is 2.21. The maximum absolute atomic E-state index is 10.8. The van der Waals surface area contributed by atoms with Gasteiger partial charge in [0.05, 0.1) is 0 Å². The first-order chi connectivity index (χ1) is 6.72. The summed E-state index contributed by atoms with van der Waals surface area (Å²) in [6.07, 6.45) is 2.08. The monoisotopic (exact) mass is 212 g/mol. The second kappa shape index (κ2) is 5.46. The van der Waals surface area contributed by atoms with Gasteiger partial charge in [0, 0.05) is 23.3 Å². The van der Waals surface area contributed by atoms with Gasteiger partial charge in [0.1, 0.15) is 5.82 Å². The summed E-state index contributed by atoms with van der Waals surface area (Å²) in [4.78, 5) is 15.7. The lowest BCUT2D eigenvalue weighted by atomic mass is 10.5. The van der Waals surface area contributed by atoms with E-state index in [1.807, 2.05) is 6.07 Å². The number of pyridine rings is 1. The van der Waals surface area contributed by atoms with Crippen molar-refractivity contribution in [2.45, 2.75) is 11.3 Å². The summed E-state index contributed by atoms with van der Waals surface area (Å²) in [5.41, 5.74) is 7.50. The highest BCUT2D eigenvalue weighted by molar-refractivity contribution is 7.99. The minimum Gasteiger partial charge on any atom is -0.384 e. The van der Waals surface area contributed by atoms with Gasteiger partial charge in [-0.15, -0.1) is 11.8 Å². The summed E-state index contributed by atoms with van der Waals surface area (Å²) in [6, 6.07) is 3.60. The van der Waals surface area contributed by atoms with Crippen molar-refractivity contribution in [3.05, 3.63) is 18.3 Å². The molecule has 76 valence electrons. The number of anilines is 1. The number of nitrogens with two attached hydrogens (primary N) is 2. The van der Waals surface area contributed by atoms with Crippen molar-refractivity contribution in [3.63, 3.8) is 0 Å². The first-order valence-corrected chi connectivity index (χ1v) is 5.04. The van der Waals surface area contributed by atoms with Gasteiger partial charge in [-0.2, -0.15) is 0 Å². The molecule has 0 saturated carbocycles. The van der Waals surface area contributed by atoms with Crippen LogP contribution in [0, 0.1) is 0 Å². The second-order valence-electron chi connectivity index (χ2n) is 2.58. The van der Waals surface area contributed by atoms with Crippen LogP contribution in [0.1, 0.15) is 6.42 Å². The van der Waals surface area contributed by atoms with Crippen LogP contribution in [0.3, 0.4) is 0 Å². The van der Waals surface area contributed by atoms with E-state index in [0.717, 1.165) is 4.90 Å². The molecule has 0 saturated heterocycles. The lowest BCUT2D eigenvalue weighted by Gasteiger charge is -2.00. The summed E-state index contributed by atoms with van der Waals surface area (Å²) in [5, 5.41) is 0. The molecule has 5 nitrogen and oxygen atoms in total. The zero-order valence-corrected chi connectivity index (χ0v) is 8.38. The number of nitrogens with one attached hydrogen (secondary N) is 1. The van der Waals surface area contributed by atoms with E-state index in [1.54, 1.807) is 12.3 Å². The lowest BCUT2D eigenvalue weighted by Crippen LogP contribution is -2.30. The van der Waals surface area contributed by atoms with Crippen LogP contribution < -0.4 is 17.0 Å². The normalized spacial score (nSPS) is 9.79. The van der Waals surface area contributed by atoms with Crippen LogP contribution in [0.25, 0.3) is 0 Å². The van der Waals surface area contributed by atoms with Gasteiger partial charge in [-0.05, 0) is 12.1 Å². The molecule has 1 amide bonds. The number of aromatic nitrogens is 1. The van der Waals surface area contributed by atoms with Crippen LogP contribution >= 0.6 is 11.8 Å². The van der Waals surface area contributed by atoms with Crippen molar-refractivity contribution >= 4 is 23.5 Å². The Balaban J connectivity index is 2.31. The predicted molar refractivity (Wildman–Crippen MR) is 56.3 cm³/mol. The highest BCUT2D eigenvalue weighted by atomic mass is 32.2. The summed E-state index contributed by atoms with van der Waals surface area (Å²) in [7, 11) is 0. The molecule has 0 unspecified atom stereocenters. The fourth-order valence-corrected chi connectivity index (χ4v) is 1.63. The molecule has 6 heteroatoms. The van der Waals surface area contributed by atoms with E-state index in [2.05, 4.69) is 10.4 Å². The van der Waals surface area contributed by atoms with Crippen molar-refractivity contribution in [1.82, 2.24) is 10.4 Å². The molecule has 0 spiro atoms. The van der Waals surface area contributed by atoms with E-state index in [0.29, 0.717) is 18.0 Å². The molecule has 1 aromatic rings. The van der Waals surface area contributed by atoms with Gasteiger partial charge in [-0.1, -0.05) is 0 Å². The molecular formula is C8H12N4OS. The number of carbonyl (C=O) groups is 1. The SMILES string of the molecule is NNC(=O)CCSc1ccc(N)nc1. The predicted octanol–water partition coefficient (Wildman–Crippen LogP) is 0.136. The van der Waals surface area contributed by atoms with Crippen molar-refractivity contribution in [2.24, 2.45) is 5.84 Å². The number of rotatable bonds is 4. The third kappa shape index (κ3) is 3.63. The number of nitrogen functional groups attached to an aromatic ring is 1. The van der Waals surface area contributed by atoms with Gasteiger partial charge < -0.3 is 5.73 Å². The van der Waals surface area contributed by atoms with E-state index in [-0.39, 0.29) is 5.91 Å². The molecule has 5 N–H and O–H groups in total. The molecule has 0 aromatic carbocycles. The molecule has 0 aliphatic carbocycles. The molecule has 1 rings (SSSR count). The maximum atomic E-state index is 10.8. The van der Waals surface area contributed by atoms with Crippen molar-refractivity contribution in [1.29, 1.82) is 0 Å². The number of hydrazine groups is 1. The first-order valence-electron chi connectivity index (χ1n) is 4.06. The Morgan fingerprint density at radius 3 is 2.93 bits per heavy atom. The second-order valence-corrected chi connectivity index (χ2v) is 3.75. The van der Waals surface area contributed by atoms with Crippen LogP contribution in [-0.4, -0.2) is 16.6 Å². The number of amides is 1. The summed E-state index contributed by atoms with van der Waals surface area (Å²) in [6.45, 7) is 0. The van der Waals surface area contributed by atoms with Gasteiger partial charge in [0.15, 0.2) is 0 Å². The van der Waals surface area contributed by atoms with Crippen LogP contribution in [0.4, 0.5) is 5.82 Å². The van der Waals surface area contributed by atoms with Crippen LogP contribution in [0.5, 0.6) is 0 Å². The highest BCUT2D eigenvalue weighted by Gasteiger charge is 1.99. The van der Waals surface area contributed by atoms with E-state index < -0.39 is 0 Å². The van der Waals surface area contributed by atoms with E-state index >= 15 is 0 Å². The maximum Gasteiger partial charge on any atom is 0.234 e. The average molecular weight is 212 g/mol. The highest BCUT2D eigenvalue weighted by Crippen LogP contribution is 2.17. The Bertz CT molecular complexity index is 301. The molecule has 14 heavy (non-hydrogen) atoms. The van der Waals surface area contributed by atoms with Gasteiger partial charge in [0.25, 0.3) is 0 Å². The minimum atomic E-state index is -0.166. The van der Waals surface area contributed by atoms with Gasteiger partial charge >= 0.3 is 0 Å². The molecular weight excluding hydrogens is 200 g/mol. The molecule has 0 fully saturated rings. The zero-order valence-electron chi connectivity index (χ0n) is 7.56. The number of thioether (sulfide) groups is 1. The van der Waals surface area contributed by atoms with Gasteiger partial charge in [-0.25, -0.2) is 10.8 Å². The molecule has 0 bridgehead atoms. The van der Waals surface area contributed by atoms with E-state index in [9.17, 15) is 4.79 Å². The fraction of sp³-hybridized carbons (Fsp3) is 0.250. The number of hydrogen-bond acceptors (Lipinski definition) is 5. The Labute approximate surface area is 86.2 Å². The topological polar surface area (TPSA) is 94.0 Å². The van der Waals surface area contributed by atoms with Crippen LogP contribution in [0.15, 0.2) is 23.2 Å². The molecule has 1 aromatic heterocycles. The van der Waals surface area contributed by atoms with Gasteiger partial charge in [-0.3, -0.25) is 10.2 Å². The number of carbonyl (C=O) groups excluding carboxylic acids is 1. The van der Waals surface area contributed by atoms with E-state index in [1.165, 1.54) is 11.8 Å². The molecule has 0 atom stereocenters. The quantitative estimate of drug-likeness (QED) is 0.285. The largest absolute Gasteiger partial charge is 0.384 e. The van der Waals surface area contributed by atoms with Gasteiger partial charge in [0.2, 0.25) is 5.91 Å². The third-order valence-electron chi connectivity index (χ3n) is 1.52. The molecule has 0 aliphatic heterocycles. The Morgan fingerprint density at radius 2 is 2.36 bits per heavy atom. The fourth-order valence-electron chi connectivity index (χ4n) is 0.811. The summed E-state index contributed by atoms with van der Waals surface area (Å²) < 4.78 is 0. The summed E-state index contributed by atoms with van der Waals surface area (Å²) >= 11 is 1.54.